The van der Waals surface area contributed by atoms with Gasteiger partial charge in [0, 0.05) is 12.0 Å². The number of nitrogens with one attached hydrogen (secondary N) is 2. The molecule has 0 aromatic heterocycles. The zero-order valence-electron chi connectivity index (χ0n) is 14.5. The van der Waals surface area contributed by atoms with Crippen molar-refractivity contribution in [2.75, 3.05) is 23.4 Å². The summed E-state index contributed by atoms with van der Waals surface area (Å²) in [5.74, 6) is -0.521. The minimum Gasteiger partial charge on any atom is -0.506 e. The number of nitriles is 1. The predicted molar refractivity (Wildman–Crippen MR) is 99.9 cm³/mol. The molecule has 3 N–H and O–H groups in total. The van der Waals surface area contributed by atoms with Gasteiger partial charge in [-0.2, -0.15) is 5.26 Å². The summed E-state index contributed by atoms with van der Waals surface area (Å²) in [6, 6.07) is 5.08. The van der Waals surface area contributed by atoms with Crippen molar-refractivity contribution in [2.24, 2.45) is 5.92 Å². The van der Waals surface area contributed by atoms with E-state index < -0.39 is 6.09 Å². The molecule has 1 aliphatic rings. The number of alkyl carbamates (subject to hydrolysis) is 1. The van der Waals surface area contributed by atoms with Crippen molar-refractivity contribution in [1.82, 2.24) is 5.32 Å². The van der Waals surface area contributed by atoms with Crippen LogP contribution in [0.1, 0.15) is 25.8 Å². The van der Waals surface area contributed by atoms with E-state index in [0.717, 1.165) is 5.56 Å². The second-order valence-electron chi connectivity index (χ2n) is 5.82. The van der Waals surface area contributed by atoms with Crippen LogP contribution in [0, 0.1) is 17.2 Å². The average Bonchev–Trinajstić information content (AvgIpc) is 2.68. The molecule has 138 valence electrons. The molecule has 0 radical (unpaired) electrons. The second-order valence-corrected chi connectivity index (χ2v) is 6.23. The van der Waals surface area contributed by atoms with Gasteiger partial charge in [0.2, 0.25) is 5.91 Å². The van der Waals surface area contributed by atoms with Gasteiger partial charge in [-0.1, -0.05) is 6.92 Å². The fourth-order valence-electron chi connectivity index (χ4n) is 2.70. The van der Waals surface area contributed by atoms with E-state index >= 15 is 0 Å². The van der Waals surface area contributed by atoms with Crippen LogP contribution in [0.15, 0.2) is 12.1 Å². The molecule has 26 heavy (non-hydrogen) atoms. The number of aromatic hydroxyl groups is 1. The van der Waals surface area contributed by atoms with Gasteiger partial charge in [-0.05, 0) is 43.6 Å². The number of ether oxygens (including phenoxy) is 1. The van der Waals surface area contributed by atoms with E-state index in [9.17, 15) is 14.7 Å². The maximum absolute atomic E-state index is 12.5. The SMILES string of the molecule is CCOC(=O)NC(=S)Nc1cc2c(cc1O)N(CC#N)C(=O)C(C)CC2. The third-order valence-corrected chi connectivity index (χ3v) is 4.19. The Kier molecular flexibility index (Phi) is 6.36. The summed E-state index contributed by atoms with van der Waals surface area (Å²) in [7, 11) is 0. The number of nitrogens with zero attached hydrogens (tertiary/aromatic N) is 2. The zero-order chi connectivity index (χ0) is 19.3. The molecule has 1 heterocycles. The van der Waals surface area contributed by atoms with Crippen LogP contribution in [0.25, 0.3) is 0 Å². The van der Waals surface area contributed by atoms with E-state index in [0.29, 0.717) is 24.2 Å². The predicted octanol–water partition coefficient (Wildman–Crippen LogP) is 2.27. The lowest BCUT2D eigenvalue weighted by Crippen LogP contribution is -2.35. The molecule has 0 fully saturated rings. The van der Waals surface area contributed by atoms with E-state index in [1.54, 1.807) is 13.0 Å². The maximum Gasteiger partial charge on any atom is 0.413 e. The molecular formula is C17H20N4O4S. The smallest absolute Gasteiger partial charge is 0.413 e. The van der Waals surface area contributed by atoms with E-state index in [-0.39, 0.29) is 35.8 Å². The van der Waals surface area contributed by atoms with Crippen molar-refractivity contribution in [3.63, 3.8) is 0 Å². The number of carbonyl (C=O) groups excluding carboxylic acids is 2. The van der Waals surface area contributed by atoms with E-state index in [2.05, 4.69) is 10.6 Å². The van der Waals surface area contributed by atoms with E-state index in [1.807, 2.05) is 13.0 Å². The minimum atomic E-state index is -0.695. The Hall–Kier alpha value is -2.86. The number of fused-ring (bicyclic) bond motifs is 1. The fourth-order valence-corrected chi connectivity index (χ4v) is 2.89. The summed E-state index contributed by atoms with van der Waals surface area (Å²) in [6.07, 6.45) is 0.541. The normalized spacial score (nSPS) is 16.1. The number of thiocarbonyl (C=S) groups is 1. The first-order chi connectivity index (χ1) is 12.4. The molecule has 1 unspecified atom stereocenters. The molecule has 1 aromatic rings. The van der Waals surface area contributed by atoms with E-state index in [4.69, 9.17) is 22.2 Å². The molecule has 2 amide bonds. The van der Waals surface area contributed by atoms with Crippen LogP contribution in [-0.4, -0.2) is 35.4 Å². The molecule has 1 atom stereocenters. The van der Waals surface area contributed by atoms with Crippen molar-refractivity contribution in [1.29, 1.82) is 5.26 Å². The Labute approximate surface area is 156 Å². The Morgan fingerprint density at radius 2 is 2.27 bits per heavy atom. The van der Waals surface area contributed by atoms with Crippen LogP contribution in [-0.2, 0) is 16.0 Å². The summed E-state index contributed by atoms with van der Waals surface area (Å²) < 4.78 is 4.74. The third kappa shape index (κ3) is 4.40. The lowest BCUT2D eigenvalue weighted by atomic mass is 10.0. The molecule has 2 rings (SSSR count). The highest BCUT2D eigenvalue weighted by atomic mass is 32.1. The Bertz CT molecular complexity index is 775. The number of hydrogen-bond acceptors (Lipinski definition) is 6. The summed E-state index contributed by atoms with van der Waals surface area (Å²) in [5, 5.41) is 24.4. The molecule has 0 saturated carbocycles. The van der Waals surface area contributed by atoms with Crippen LogP contribution < -0.4 is 15.5 Å². The molecule has 1 aliphatic heterocycles. The Morgan fingerprint density at radius 1 is 1.54 bits per heavy atom. The average molecular weight is 376 g/mol. The number of aryl methyl sites for hydroxylation is 1. The van der Waals surface area contributed by atoms with Gasteiger partial charge in [0.05, 0.1) is 24.1 Å². The molecule has 0 aliphatic carbocycles. The molecule has 8 nitrogen and oxygen atoms in total. The lowest BCUT2D eigenvalue weighted by molar-refractivity contribution is -0.121. The summed E-state index contributed by atoms with van der Waals surface area (Å²) >= 11 is 5.03. The Balaban J connectivity index is 2.28. The molecule has 0 bridgehead atoms. The van der Waals surface area contributed by atoms with Crippen molar-refractivity contribution >= 4 is 40.7 Å². The highest BCUT2D eigenvalue weighted by Crippen LogP contribution is 2.36. The number of benzene rings is 1. The molecule has 9 heteroatoms. The van der Waals surface area contributed by atoms with Gasteiger partial charge in [-0.15, -0.1) is 0 Å². The lowest BCUT2D eigenvalue weighted by Gasteiger charge is -2.23. The van der Waals surface area contributed by atoms with Crippen LogP contribution in [0.3, 0.4) is 0 Å². The van der Waals surface area contributed by atoms with Crippen molar-refractivity contribution in [2.45, 2.75) is 26.7 Å². The standard InChI is InChI=1S/C17H20N4O4S/c1-3-25-17(24)20-16(26)19-12-8-11-5-4-10(2)15(23)21(7-6-18)13(11)9-14(12)22/h8-10,22H,3-5,7H2,1-2H3,(H2,19,20,24,26). The number of amides is 2. The number of anilines is 2. The number of phenols is 1. The van der Waals surface area contributed by atoms with Crippen LogP contribution in [0.2, 0.25) is 0 Å². The first-order valence-electron chi connectivity index (χ1n) is 8.16. The van der Waals surface area contributed by atoms with Gasteiger partial charge in [0.15, 0.2) is 5.11 Å². The molecule has 0 saturated heterocycles. The highest BCUT2D eigenvalue weighted by Gasteiger charge is 2.28. The first kappa shape index (κ1) is 19.5. The van der Waals surface area contributed by atoms with Gasteiger partial charge >= 0.3 is 6.09 Å². The quantitative estimate of drug-likeness (QED) is 0.421. The number of hydrogen-bond donors (Lipinski definition) is 3. The summed E-state index contributed by atoms with van der Waals surface area (Å²) in [6.45, 7) is 3.60. The van der Waals surface area contributed by atoms with Gasteiger partial charge in [0.1, 0.15) is 12.3 Å². The number of phenolic OH excluding ortho intramolecular Hbond substituents is 1. The maximum atomic E-state index is 12.5. The van der Waals surface area contributed by atoms with Gasteiger partial charge < -0.3 is 15.2 Å². The van der Waals surface area contributed by atoms with Gasteiger partial charge in [0.25, 0.3) is 0 Å². The van der Waals surface area contributed by atoms with Crippen molar-refractivity contribution in [3.05, 3.63) is 17.7 Å². The molecule has 0 spiro atoms. The van der Waals surface area contributed by atoms with Crippen molar-refractivity contribution < 1.29 is 19.4 Å². The fraction of sp³-hybridized carbons (Fsp3) is 0.412. The zero-order valence-corrected chi connectivity index (χ0v) is 15.4. The van der Waals surface area contributed by atoms with Gasteiger partial charge in [-0.3, -0.25) is 15.0 Å². The third-order valence-electron chi connectivity index (χ3n) is 3.99. The number of rotatable bonds is 3. The topological polar surface area (TPSA) is 115 Å². The number of carbonyl (C=O) groups is 2. The van der Waals surface area contributed by atoms with E-state index in [1.165, 1.54) is 11.0 Å². The monoisotopic (exact) mass is 376 g/mol. The minimum absolute atomic E-state index is 0.0225. The van der Waals surface area contributed by atoms with Crippen LogP contribution >= 0.6 is 12.2 Å². The molecule has 1 aromatic carbocycles. The second kappa shape index (κ2) is 8.49. The summed E-state index contributed by atoms with van der Waals surface area (Å²) in [5.41, 5.74) is 1.61. The highest BCUT2D eigenvalue weighted by molar-refractivity contribution is 7.80. The van der Waals surface area contributed by atoms with Crippen molar-refractivity contribution in [3.8, 4) is 11.8 Å². The van der Waals surface area contributed by atoms with Gasteiger partial charge in [-0.25, -0.2) is 4.79 Å². The van der Waals surface area contributed by atoms with Crippen LogP contribution in [0.5, 0.6) is 5.75 Å². The summed E-state index contributed by atoms with van der Waals surface area (Å²) in [4.78, 5) is 25.2. The first-order valence-corrected chi connectivity index (χ1v) is 8.57. The molecular weight excluding hydrogens is 356 g/mol. The largest absolute Gasteiger partial charge is 0.506 e. The van der Waals surface area contributed by atoms with Crippen LogP contribution in [0.4, 0.5) is 16.2 Å². The Morgan fingerprint density at radius 3 is 2.92 bits per heavy atom.